The van der Waals surface area contributed by atoms with Crippen LogP contribution in [0.1, 0.15) is 44.8 Å². The molecule has 6 heteroatoms. The zero-order valence-corrected chi connectivity index (χ0v) is 12.2. The number of methoxy groups -OCH3 is 1. The molecule has 1 fully saturated rings. The predicted octanol–water partition coefficient (Wildman–Crippen LogP) is 2.33. The van der Waals surface area contributed by atoms with Crippen LogP contribution in [0, 0.1) is 5.92 Å². The van der Waals surface area contributed by atoms with E-state index < -0.39 is 0 Å². The topological polar surface area (TPSA) is 75.5 Å². The minimum absolute atomic E-state index is 0.126. The Bertz CT molecular complexity index is 505. The van der Waals surface area contributed by atoms with Gasteiger partial charge in [-0.3, -0.25) is 4.79 Å². The lowest BCUT2D eigenvalue weighted by molar-refractivity contribution is 0.0747. The molecule has 1 aliphatic heterocycles. The molecule has 0 radical (unpaired) electrons. The fraction of sp³-hybridized carbons (Fsp3) is 0.714. The lowest BCUT2D eigenvalue weighted by atomic mass is 9.85. The third-order valence-electron chi connectivity index (χ3n) is 3.81. The molecule has 0 bridgehead atoms. The number of ether oxygens (including phenoxy) is 1. The molecule has 2 heterocycles. The molecule has 0 unspecified atom stereocenters. The molecule has 1 saturated heterocycles. The van der Waals surface area contributed by atoms with Crippen molar-refractivity contribution < 1.29 is 14.1 Å². The van der Waals surface area contributed by atoms with Crippen LogP contribution in [-0.2, 0) is 4.74 Å². The molecule has 0 spiro atoms. The highest BCUT2D eigenvalue weighted by molar-refractivity contribution is 5.68. The lowest BCUT2D eigenvalue weighted by Gasteiger charge is -2.38. The van der Waals surface area contributed by atoms with Crippen LogP contribution in [0.3, 0.4) is 0 Å². The number of amides is 1. The number of rotatable bonds is 3. The highest BCUT2D eigenvalue weighted by Crippen LogP contribution is 2.33. The van der Waals surface area contributed by atoms with E-state index in [2.05, 4.69) is 19.0 Å². The van der Waals surface area contributed by atoms with Gasteiger partial charge in [-0.25, -0.2) is 4.79 Å². The van der Waals surface area contributed by atoms with Gasteiger partial charge in [0.15, 0.2) is 0 Å². The highest BCUT2D eigenvalue weighted by Gasteiger charge is 2.34. The van der Waals surface area contributed by atoms with E-state index in [1.54, 1.807) is 4.90 Å². The van der Waals surface area contributed by atoms with Crippen LogP contribution in [-0.4, -0.2) is 35.8 Å². The number of nitrogens with one attached hydrogen (secondary N) is 1. The summed E-state index contributed by atoms with van der Waals surface area (Å²) < 4.78 is 10.1. The van der Waals surface area contributed by atoms with Crippen molar-refractivity contribution >= 4 is 6.09 Å². The molecule has 20 heavy (non-hydrogen) atoms. The van der Waals surface area contributed by atoms with Crippen LogP contribution >= 0.6 is 0 Å². The molecule has 6 nitrogen and oxygen atoms in total. The summed E-state index contributed by atoms with van der Waals surface area (Å²) in [7, 11) is 1.41. The summed E-state index contributed by atoms with van der Waals surface area (Å²) in [6.45, 7) is 4.90. The van der Waals surface area contributed by atoms with E-state index in [0.29, 0.717) is 18.2 Å². The maximum Gasteiger partial charge on any atom is 0.409 e. The number of nitrogens with zero attached hydrogens (tertiary/aromatic N) is 1. The molecule has 2 rings (SSSR count). The van der Waals surface area contributed by atoms with Crippen molar-refractivity contribution in [3.8, 4) is 0 Å². The summed E-state index contributed by atoms with van der Waals surface area (Å²) in [6, 6.07) is 1.63. The van der Waals surface area contributed by atoms with Crippen LogP contribution in [0.15, 0.2) is 15.4 Å². The third kappa shape index (κ3) is 3.23. The van der Waals surface area contributed by atoms with Crippen LogP contribution in [0.25, 0.3) is 0 Å². The van der Waals surface area contributed by atoms with Crippen molar-refractivity contribution in [2.75, 3.05) is 13.7 Å². The quantitative estimate of drug-likeness (QED) is 0.923. The second kappa shape index (κ2) is 6.15. The van der Waals surface area contributed by atoms with Crippen LogP contribution in [0.2, 0.25) is 0 Å². The van der Waals surface area contributed by atoms with Gasteiger partial charge >= 0.3 is 6.09 Å². The first kappa shape index (κ1) is 14.7. The van der Waals surface area contributed by atoms with Crippen molar-refractivity contribution in [2.24, 2.45) is 5.92 Å². The zero-order chi connectivity index (χ0) is 14.7. The van der Waals surface area contributed by atoms with Gasteiger partial charge in [-0.1, -0.05) is 13.8 Å². The molecule has 1 aromatic heterocycles. The number of hydrogen-bond acceptors (Lipinski definition) is 4. The molecule has 112 valence electrons. The monoisotopic (exact) mass is 282 g/mol. The number of H-pyrrole nitrogens is 1. The fourth-order valence-corrected chi connectivity index (χ4v) is 2.93. The van der Waals surface area contributed by atoms with Crippen molar-refractivity contribution in [1.82, 2.24) is 10.1 Å². The second-order valence-corrected chi connectivity index (χ2v) is 5.78. The average Bonchev–Trinajstić information content (AvgIpc) is 2.84. The van der Waals surface area contributed by atoms with Gasteiger partial charge in [0.2, 0.25) is 0 Å². The minimum atomic E-state index is -0.273. The van der Waals surface area contributed by atoms with Gasteiger partial charge in [-0.2, -0.15) is 5.16 Å². The molecule has 0 aromatic carbocycles. The molecule has 0 saturated carbocycles. The first-order valence-electron chi connectivity index (χ1n) is 7.04. The van der Waals surface area contributed by atoms with E-state index in [0.717, 1.165) is 19.3 Å². The molecule has 1 N–H and O–H groups in total. The Morgan fingerprint density at radius 1 is 1.60 bits per heavy atom. The summed E-state index contributed by atoms with van der Waals surface area (Å²) in [5.41, 5.74) is -0.212. The molecular weight excluding hydrogens is 260 g/mol. The summed E-state index contributed by atoms with van der Waals surface area (Å²) in [6.07, 6.45) is 2.23. The first-order chi connectivity index (χ1) is 9.51. The zero-order valence-electron chi connectivity index (χ0n) is 12.2. The predicted molar refractivity (Wildman–Crippen MR) is 73.7 cm³/mol. The number of carbonyl (C=O) groups excluding carboxylic acids is 1. The largest absolute Gasteiger partial charge is 0.453 e. The first-order valence-corrected chi connectivity index (χ1v) is 7.04. The van der Waals surface area contributed by atoms with E-state index in [1.165, 1.54) is 13.2 Å². The number of likely N-dealkylation sites (tertiary alicyclic amines) is 1. The van der Waals surface area contributed by atoms with Gasteiger partial charge in [0.25, 0.3) is 5.56 Å². The van der Waals surface area contributed by atoms with Crippen molar-refractivity contribution in [3.05, 3.63) is 22.2 Å². The third-order valence-corrected chi connectivity index (χ3v) is 3.81. The summed E-state index contributed by atoms with van der Waals surface area (Å²) in [5.74, 6) is 1.36. The summed E-state index contributed by atoms with van der Waals surface area (Å²) >= 11 is 0. The number of piperidine rings is 1. The van der Waals surface area contributed by atoms with E-state index in [4.69, 9.17) is 9.26 Å². The van der Waals surface area contributed by atoms with Crippen LogP contribution in [0.5, 0.6) is 0 Å². The highest BCUT2D eigenvalue weighted by atomic mass is 16.5. The van der Waals surface area contributed by atoms with Gasteiger partial charge in [0.05, 0.1) is 7.11 Å². The van der Waals surface area contributed by atoms with Gasteiger partial charge < -0.3 is 14.2 Å². The Kier molecular flexibility index (Phi) is 4.52. The molecule has 2 atom stereocenters. The van der Waals surface area contributed by atoms with Gasteiger partial charge in [-0.05, 0) is 25.2 Å². The molecule has 1 amide bonds. The van der Waals surface area contributed by atoms with Gasteiger partial charge in [-0.15, -0.1) is 0 Å². The minimum Gasteiger partial charge on any atom is -0.453 e. The normalized spacial score (nSPS) is 23.1. The Morgan fingerprint density at radius 3 is 2.90 bits per heavy atom. The summed E-state index contributed by atoms with van der Waals surface area (Å²) in [4.78, 5) is 24.8. The number of carbonyl (C=O) groups is 1. The SMILES string of the molecule is COC(=O)N1CC[C@@H](c2cc(=O)[nH]o2)C[C@H]1CC(C)C. The smallest absolute Gasteiger partial charge is 0.409 e. The molecular formula is C14H22N2O4. The molecule has 1 aromatic rings. The van der Waals surface area contributed by atoms with Gasteiger partial charge in [0.1, 0.15) is 5.76 Å². The van der Waals surface area contributed by atoms with Crippen LogP contribution in [0.4, 0.5) is 4.79 Å². The molecule has 1 aliphatic rings. The number of aromatic nitrogens is 1. The second-order valence-electron chi connectivity index (χ2n) is 5.78. The van der Waals surface area contributed by atoms with Crippen molar-refractivity contribution in [2.45, 2.75) is 45.1 Å². The van der Waals surface area contributed by atoms with Crippen LogP contribution < -0.4 is 5.56 Å². The van der Waals surface area contributed by atoms with Crippen molar-refractivity contribution in [1.29, 1.82) is 0 Å². The number of hydrogen-bond donors (Lipinski definition) is 1. The number of aromatic amines is 1. The Morgan fingerprint density at radius 2 is 2.35 bits per heavy atom. The average molecular weight is 282 g/mol. The Labute approximate surface area is 118 Å². The Balaban J connectivity index is 2.12. The maximum atomic E-state index is 11.8. The van der Waals surface area contributed by atoms with E-state index in [-0.39, 0.29) is 23.6 Å². The Hall–Kier alpha value is -1.72. The standard InChI is InChI=1S/C14H22N2O4/c1-9(2)6-11-7-10(12-8-13(17)15-20-12)4-5-16(11)14(18)19-3/h8-11H,4-7H2,1-3H3,(H,15,17)/t10-,11-/m1/s1. The van der Waals surface area contributed by atoms with Crippen molar-refractivity contribution in [3.63, 3.8) is 0 Å². The van der Waals surface area contributed by atoms with E-state index in [9.17, 15) is 9.59 Å². The maximum absolute atomic E-state index is 11.8. The van der Waals surface area contributed by atoms with Gasteiger partial charge in [0, 0.05) is 24.6 Å². The van der Waals surface area contributed by atoms with E-state index >= 15 is 0 Å². The lowest BCUT2D eigenvalue weighted by Crippen LogP contribution is -2.46. The molecule has 0 aliphatic carbocycles. The van der Waals surface area contributed by atoms with E-state index in [1.807, 2.05) is 0 Å². The summed E-state index contributed by atoms with van der Waals surface area (Å²) in [5, 5.41) is 2.33. The fourth-order valence-electron chi connectivity index (χ4n) is 2.93.